The van der Waals surface area contributed by atoms with Crippen molar-refractivity contribution in [3.05, 3.63) is 42.5 Å². The lowest BCUT2D eigenvalue weighted by Crippen LogP contribution is -2.29. The molecular formula is C18H24N6O2. The molecule has 1 aliphatic heterocycles. The lowest BCUT2D eigenvalue weighted by atomic mass is 10.1. The summed E-state index contributed by atoms with van der Waals surface area (Å²) in [5.74, 6) is 0.0504. The second-order valence-corrected chi connectivity index (χ2v) is 6.49. The molecule has 1 aliphatic rings. The molecule has 138 valence electrons. The third-order valence-electron chi connectivity index (χ3n) is 4.55. The molecule has 2 aromatic heterocycles. The maximum atomic E-state index is 12.0. The molecule has 2 amide bonds. The highest BCUT2D eigenvalue weighted by molar-refractivity contribution is 5.75. The van der Waals surface area contributed by atoms with E-state index in [1.165, 1.54) is 0 Å². The number of amides is 2. The number of carbonyl (C=O) groups excluding carboxylic acids is 2. The molecule has 0 aliphatic carbocycles. The van der Waals surface area contributed by atoms with E-state index in [0.29, 0.717) is 18.7 Å². The summed E-state index contributed by atoms with van der Waals surface area (Å²) < 4.78 is 1.95. The van der Waals surface area contributed by atoms with Gasteiger partial charge in [-0.2, -0.15) is 0 Å². The number of hydrogen-bond donors (Lipinski definition) is 1. The third-order valence-corrected chi connectivity index (χ3v) is 4.55. The van der Waals surface area contributed by atoms with Gasteiger partial charge in [0, 0.05) is 38.8 Å². The summed E-state index contributed by atoms with van der Waals surface area (Å²) in [6.45, 7) is 3.46. The van der Waals surface area contributed by atoms with Crippen LogP contribution in [-0.4, -0.2) is 42.8 Å². The molecule has 8 heteroatoms. The van der Waals surface area contributed by atoms with Crippen molar-refractivity contribution in [2.75, 3.05) is 6.54 Å². The van der Waals surface area contributed by atoms with Crippen LogP contribution in [-0.2, 0) is 22.7 Å². The Morgan fingerprint density at radius 2 is 2.19 bits per heavy atom. The van der Waals surface area contributed by atoms with Gasteiger partial charge in [0.05, 0.1) is 42.7 Å². The third kappa shape index (κ3) is 4.65. The second-order valence-electron chi connectivity index (χ2n) is 6.49. The minimum Gasteiger partial charge on any atom is -0.350 e. The van der Waals surface area contributed by atoms with E-state index in [9.17, 15) is 9.59 Å². The highest BCUT2D eigenvalue weighted by atomic mass is 16.2. The number of carbonyl (C=O) groups is 2. The molecule has 1 saturated heterocycles. The first kappa shape index (κ1) is 18.0. The van der Waals surface area contributed by atoms with E-state index >= 15 is 0 Å². The summed E-state index contributed by atoms with van der Waals surface area (Å²) >= 11 is 0. The van der Waals surface area contributed by atoms with E-state index in [1.807, 2.05) is 15.7 Å². The Balaban J connectivity index is 1.49. The van der Waals surface area contributed by atoms with E-state index in [-0.39, 0.29) is 17.9 Å². The molecule has 0 unspecified atom stereocenters. The van der Waals surface area contributed by atoms with E-state index in [4.69, 9.17) is 0 Å². The first-order valence-electron chi connectivity index (χ1n) is 8.94. The molecule has 3 rings (SSSR count). The van der Waals surface area contributed by atoms with Crippen molar-refractivity contribution in [1.29, 1.82) is 0 Å². The first-order valence-corrected chi connectivity index (χ1v) is 8.94. The van der Waals surface area contributed by atoms with Gasteiger partial charge in [-0.05, 0) is 19.3 Å². The Morgan fingerprint density at radius 3 is 2.96 bits per heavy atom. The topological polar surface area (TPSA) is 93.0 Å². The van der Waals surface area contributed by atoms with Gasteiger partial charge in [-0.3, -0.25) is 19.6 Å². The monoisotopic (exact) mass is 356 g/mol. The van der Waals surface area contributed by atoms with Crippen LogP contribution in [0.1, 0.15) is 50.0 Å². The van der Waals surface area contributed by atoms with Gasteiger partial charge in [-0.25, -0.2) is 4.98 Å². The summed E-state index contributed by atoms with van der Waals surface area (Å²) in [6, 6.07) is -0.00849. The molecular weight excluding hydrogens is 332 g/mol. The maximum Gasteiger partial charge on any atom is 0.220 e. The fourth-order valence-corrected chi connectivity index (χ4v) is 3.24. The van der Waals surface area contributed by atoms with Crippen LogP contribution in [0, 0.1) is 0 Å². The summed E-state index contributed by atoms with van der Waals surface area (Å²) in [7, 11) is 0. The van der Waals surface area contributed by atoms with Gasteiger partial charge < -0.3 is 14.8 Å². The smallest absolute Gasteiger partial charge is 0.220 e. The molecule has 1 atom stereocenters. The molecule has 26 heavy (non-hydrogen) atoms. The molecule has 0 spiro atoms. The molecule has 3 heterocycles. The lowest BCUT2D eigenvalue weighted by Gasteiger charge is -2.22. The molecule has 8 nitrogen and oxygen atoms in total. The zero-order valence-corrected chi connectivity index (χ0v) is 15.0. The van der Waals surface area contributed by atoms with Crippen molar-refractivity contribution in [3.8, 4) is 0 Å². The van der Waals surface area contributed by atoms with E-state index in [0.717, 1.165) is 38.0 Å². The fourth-order valence-electron chi connectivity index (χ4n) is 3.24. The van der Waals surface area contributed by atoms with Crippen LogP contribution in [0.15, 0.2) is 31.1 Å². The number of nitrogens with zero attached hydrogens (tertiary/aromatic N) is 5. The molecule has 1 fully saturated rings. The zero-order valence-electron chi connectivity index (χ0n) is 15.0. The average Bonchev–Trinajstić information content (AvgIpc) is 3.32. The SMILES string of the molecule is CC(=O)N1CCC[C@H]1c1cncc(CNC(=O)CCCn2ccnc2)n1. The predicted octanol–water partition coefficient (Wildman–Crippen LogP) is 1.45. The largest absolute Gasteiger partial charge is 0.350 e. The number of rotatable bonds is 7. The van der Waals surface area contributed by atoms with Crippen LogP contribution in [0.2, 0.25) is 0 Å². The standard InChI is InChI=1S/C18H24N6O2/c1-14(25)24-8-2-4-17(24)16-12-20-10-15(22-16)11-21-18(26)5-3-7-23-9-6-19-13-23/h6,9-10,12-13,17H,2-5,7-8,11H2,1H3,(H,21,26)/t17-/m0/s1. The van der Waals surface area contributed by atoms with Crippen LogP contribution in [0.4, 0.5) is 0 Å². The van der Waals surface area contributed by atoms with Crippen molar-refractivity contribution >= 4 is 11.8 Å². The predicted molar refractivity (Wildman–Crippen MR) is 94.7 cm³/mol. The van der Waals surface area contributed by atoms with Crippen molar-refractivity contribution in [3.63, 3.8) is 0 Å². The molecule has 0 bridgehead atoms. The lowest BCUT2D eigenvalue weighted by molar-refractivity contribution is -0.129. The van der Waals surface area contributed by atoms with Crippen LogP contribution in [0.5, 0.6) is 0 Å². The minimum absolute atomic E-state index is 0.00849. The molecule has 2 aromatic rings. The van der Waals surface area contributed by atoms with Crippen LogP contribution < -0.4 is 5.32 Å². The van der Waals surface area contributed by atoms with Gasteiger partial charge in [0.15, 0.2) is 0 Å². The highest BCUT2D eigenvalue weighted by Gasteiger charge is 2.29. The number of aromatic nitrogens is 4. The van der Waals surface area contributed by atoms with E-state index in [1.54, 1.807) is 31.8 Å². The Bertz CT molecular complexity index is 746. The molecule has 0 radical (unpaired) electrons. The number of nitrogens with one attached hydrogen (secondary N) is 1. The Kier molecular flexibility index (Phi) is 5.93. The molecule has 1 N–H and O–H groups in total. The summed E-state index contributed by atoms with van der Waals surface area (Å²) in [6.07, 6.45) is 11.8. The molecule has 0 saturated carbocycles. The van der Waals surface area contributed by atoms with Gasteiger partial charge in [0.2, 0.25) is 11.8 Å². The van der Waals surface area contributed by atoms with Crippen molar-refractivity contribution < 1.29 is 9.59 Å². The van der Waals surface area contributed by atoms with Gasteiger partial charge in [0.25, 0.3) is 0 Å². The second kappa shape index (κ2) is 8.55. The minimum atomic E-state index is -0.0106. The zero-order chi connectivity index (χ0) is 18.4. The van der Waals surface area contributed by atoms with E-state index < -0.39 is 0 Å². The van der Waals surface area contributed by atoms with Gasteiger partial charge in [0.1, 0.15) is 0 Å². The van der Waals surface area contributed by atoms with Gasteiger partial charge >= 0.3 is 0 Å². The normalized spacial score (nSPS) is 16.7. The number of likely N-dealkylation sites (tertiary alicyclic amines) is 1. The molecule has 0 aromatic carbocycles. The summed E-state index contributed by atoms with van der Waals surface area (Å²) in [5, 5.41) is 2.88. The van der Waals surface area contributed by atoms with Gasteiger partial charge in [-0.1, -0.05) is 0 Å². The van der Waals surface area contributed by atoms with Crippen molar-refractivity contribution in [1.82, 2.24) is 29.7 Å². The highest BCUT2D eigenvalue weighted by Crippen LogP contribution is 2.30. The van der Waals surface area contributed by atoms with Crippen LogP contribution in [0.25, 0.3) is 0 Å². The van der Waals surface area contributed by atoms with E-state index in [2.05, 4.69) is 20.3 Å². The van der Waals surface area contributed by atoms with Crippen LogP contribution >= 0.6 is 0 Å². The Hall–Kier alpha value is -2.77. The van der Waals surface area contributed by atoms with Gasteiger partial charge in [-0.15, -0.1) is 0 Å². The summed E-state index contributed by atoms with van der Waals surface area (Å²) in [4.78, 5) is 38.4. The van der Waals surface area contributed by atoms with Crippen molar-refractivity contribution in [2.24, 2.45) is 0 Å². The number of aryl methyl sites for hydroxylation is 1. The van der Waals surface area contributed by atoms with Crippen LogP contribution in [0.3, 0.4) is 0 Å². The Labute approximate surface area is 152 Å². The average molecular weight is 356 g/mol. The Morgan fingerprint density at radius 1 is 1.31 bits per heavy atom. The maximum absolute atomic E-state index is 12.0. The van der Waals surface area contributed by atoms with Crippen molar-refractivity contribution in [2.45, 2.75) is 51.7 Å². The first-order chi connectivity index (χ1) is 12.6. The fraction of sp³-hybridized carbons (Fsp3) is 0.500. The quantitative estimate of drug-likeness (QED) is 0.810. The summed E-state index contributed by atoms with van der Waals surface area (Å²) in [5.41, 5.74) is 1.51. The number of imidazole rings is 1. The number of hydrogen-bond acceptors (Lipinski definition) is 5.